The van der Waals surface area contributed by atoms with Gasteiger partial charge in [0.2, 0.25) is 5.89 Å². The molecule has 0 aliphatic carbocycles. The first-order valence-electron chi connectivity index (χ1n) is 9.44. The van der Waals surface area contributed by atoms with Gasteiger partial charge in [-0.25, -0.2) is 9.97 Å². The Labute approximate surface area is 168 Å². The van der Waals surface area contributed by atoms with Crippen molar-refractivity contribution in [3.05, 3.63) is 63.8 Å². The van der Waals surface area contributed by atoms with Gasteiger partial charge < -0.3 is 14.1 Å². The van der Waals surface area contributed by atoms with E-state index in [-0.39, 0.29) is 11.9 Å². The van der Waals surface area contributed by atoms with Crippen LogP contribution in [0.15, 0.2) is 40.4 Å². The van der Waals surface area contributed by atoms with Gasteiger partial charge in [0, 0.05) is 13.0 Å². The van der Waals surface area contributed by atoms with Crippen LogP contribution in [0.2, 0.25) is 0 Å². The Kier molecular flexibility index (Phi) is 5.43. The molecule has 4 rings (SSSR count). The molecule has 1 aromatic carbocycles. The van der Waals surface area contributed by atoms with E-state index >= 15 is 0 Å². The molecule has 0 saturated carbocycles. The third kappa shape index (κ3) is 3.80. The van der Waals surface area contributed by atoms with Gasteiger partial charge in [0.1, 0.15) is 22.4 Å². The van der Waals surface area contributed by atoms with Gasteiger partial charge in [-0.05, 0) is 43.9 Å². The highest BCUT2D eigenvalue weighted by Gasteiger charge is 2.33. The normalized spacial score (nSPS) is 16.9. The number of piperidine rings is 1. The third-order valence-electron chi connectivity index (χ3n) is 5.07. The van der Waals surface area contributed by atoms with Crippen LogP contribution in [0.5, 0.6) is 5.75 Å². The first-order valence-corrected chi connectivity index (χ1v) is 10.3. The largest absolute Gasteiger partial charge is 0.497 e. The van der Waals surface area contributed by atoms with Gasteiger partial charge >= 0.3 is 0 Å². The van der Waals surface area contributed by atoms with Gasteiger partial charge in [-0.15, -0.1) is 11.3 Å². The van der Waals surface area contributed by atoms with E-state index in [0.29, 0.717) is 23.7 Å². The number of ether oxygens (including phenoxy) is 1. The maximum atomic E-state index is 13.0. The van der Waals surface area contributed by atoms with Crippen LogP contribution in [-0.4, -0.2) is 34.4 Å². The summed E-state index contributed by atoms with van der Waals surface area (Å²) in [6, 6.07) is 7.78. The first kappa shape index (κ1) is 18.7. The van der Waals surface area contributed by atoms with E-state index in [1.807, 2.05) is 36.1 Å². The fourth-order valence-corrected chi connectivity index (χ4v) is 4.37. The molecule has 0 N–H and O–H groups in total. The molecule has 6 nitrogen and oxygen atoms in total. The van der Waals surface area contributed by atoms with Gasteiger partial charge in [-0.3, -0.25) is 4.79 Å². The minimum absolute atomic E-state index is 0.0252. The average Bonchev–Trinajstić information content (AvgIpc) is 3.36. The molecule has 146 valence electrons. The number of benzene rings is 1. The summed E-state index contributed by atoms with van der Waals surface area (Å²) in [4.78, 5) is 24.4. The summed E-state index contributed by atoms with van der Waals surface area (Å²) in [5.41, 5.74) is 3.60. The van der Waals surface area contributed by atoms with E-state index in [1.165, 1.54) is 11.3 Å². The molecule has 0 radical (unpaired) electrons. The van der Waals surface area contributed by atoms with E-state index in [9.17, 15) is 4.79 Å². The van der Waals surface area contributed by atoms with Crippen molar-refractivity contribution in [2.75, 3.05) is 13.7 Å². The Hall–Kier alpha value is -2.67. The Morgan fingerprint density at radius 3 is 3.04 bits per heavy atom. The van der Waals surface area contributed by atoms with E-state index < -0.39 is 0 Å². The van der Waals surface area contributed by atoms with Crippen molar-refractivity contribution in [3.8, 4) is 5.75 Å². The zero-order valence-corrected chi connectivity index (χ0v) is 16.9. The van der Waals surface area contributed by atoms with Crippen LogP contribution in [0.4, 0.5) is 0 Å². The summed E-state index contributed by atoms with van der Waals surface area (Å²) in [7, 11) is 1.66. The molecule has 28 heavy (non-hydrogen) atoms. The molecule has 1 aliphatic rings. The Balaban J connectivity index is 1.54. The molecule has 1 fully saturated rings. The highest BCUT2D eigenvalue weighted by molar-refractivity contribution is 7.11. The lowest BCUT2D eigenvalue weighted by molar-refractivity contribution is 0.0574. The van der Waals surface area contributed by atoms with Gasteiger partial charge in [0.15, 0.2) is 0 Å². The standard InChI is InChI=1S/C21H23N3O3S/c1-14-19(28-13-23-14)21(25)24-9-4-3-8-18(24)20-22-12-17(27-20)11-15-6-5-7-16(10-15)26-2/h5-7,10,12-13,18H,3-4,8-9,11H2,1-2H3. The number of oxazole rings is 1. The van der Waals surface area contributed by atoms with Gasteiger partial charge in [0.05, 0.1) is 24.5 Å². The number of hydrogen-bond acceptors (Lipinski definition) is 6. The highest BCUT2D eigenvalue weighted by Crippen LogP contribution is 2.33. The average molecular weight is 398 g/mol. The van der Waals surface area contributed by atoms with E-state index in [2.05, 4.69) is 9.97 Å². The zero-order valence-electron chi connectivity index (χ0n) is 16.1. The molecule has 0 bridgehead atoms. The van der Waals surface area contributed by atoms with Crippen molar-refractivity contribution >= 4 is 17.2 Å². The minimum atomic E-state index is -0.123. The first-order chi connectivity index (χ1) is 13.7. The smallest absolute Gasteiger partial charge is 0.266 e. The zero-order chi connectivity index (χ0) is 19.5. The van der Waals surface area contributed by atoms with Gasteiger partial charge in [-0.2, -0.15) is 0 Å². The summed E-state index contributed by atoms with van der Waals surface area (Å²) >= 11 is 1.39. The molecular formula is C21H23N3O3S. The molecular weight excluding hydrogens is 374 g/mol. The van der Waals surface area contributed by atoms with Crippen molar-refractivity contribution in [1.29, 1.82) is 0 Å². The van der Waals surface area contributed by atoms with E-state index in [0.717, 1.165) is 42.0 Å². The number of rotatable bonds is 5. The SMILES string of the molecule is COc1cccc(Cc2cnc(C3CCCCN3C(=O)c3scnc3C)o2)c1. The summed E-state index contributed by atoms with van der Waals surface area (Å²) in [6.45, 7) is 2.59. The minimum Gasteiger partial charge on any atom is -0.497 e. The van der Waals surface area contributed by atoms with E-state index in [1.54, 1.807) is 18.8 Å². The molecule has 3 heterocycles. The van der Waals surface area contributed by atoms with Crippen LogP contribution in [0.25, 0.3) is 0 Å². The number of amides is 1. The topological polar surface area (TPSA) is 68.5 Å². The fourth-order valence-electron chi connectivity index (χ4n) is 3.61. The third-order valence-corrected chi connectivity index (χ3v) is 5.99. The van der Waals surface area contributed by atoms with Crippen LogP contribution < -0.4 is 4.74 Å². The summed E-state index contributed by atoms with van der Waals surface area (Å²) in [6.07, 6.45) is 5.33. The van der Waals surface area contributed by atoms with Crippen molar-refractivity contribution in [3.63, 3.8) is 0 Å². The fraction of sp³-hybridized carbons (Fsp3) is 0.381. The maximum Gasteiger partial charge on any atom is 0.266 e. The van der Waals surface area contributed by atoms with Crippen LogP contribution in [0, 0.1) is 6.92 Å². The highest BCUT2D eigenvalue weighted by atomic mass is 32.1. The Morgan fingerprint density at radius 1 is 1.36 bits per heavy atom. The maximum absolute atomic E-state index is 13.0. The summed E-state index contributed by atoms with van der Waals surface area (Å²) in [5, 5.41) is 0. The van der Waals surface area contributed by atoms with Crippen molar-refractivity contribution < 1.29 is 13.9 Å². The number of likely N-dealkylation sites (tertiary alicyclic amines) is 1. The second-order valence-electron chi connectivity index (χ2n) is 6.97. The second kappa shape index (κ2) is 8.14. The van der Waals surface area contributed by atoms with Gasteiger partial charge in [0.25, 0.3) is 5.91 Å². The molecule has 1 saturated heterocycles. The number of carbonyl (C=O) groups is 1. The molecule has 1 atom stereocenters. The number of nitrogens with zero attached hydrogens (tertiary/aromatic N) is 3. The molecule has 1 aliphatic heterocycles. The van der Waals surface area contributed by atoms with Crippen molar-refractivity contribution in [2.24, 2.45) is 0 Å². The molecule has 0 spiro atoms. The molecule has 2 aromatic heterocycles. The number of carbonyl (C=O) groups excluding carboxylic acids is 1. The number of thiazole rings is 1. The van der Waals surface area contributed by atoms with Gasteiger partial charge in [-0.1, -0.05) is 12.1 Å². The quantitative estimate of drug-likeness (QED) is 0.638. The number of aromatic nitrogens is 2. The lowest BCUT2D eigenvalue weighted by Gasteiger charge is -2.33. The van der Waals surface area contributed by atoms with E-state index in [4.69, 9.17) is 9.15 Å². The molecule has 7 heteroatoms. The van der Waals surface area contributed by atoms with Crippen LogP contribution in [0.1, 0.15) is 57.9 Å². The predicted octanol–water partition coefficient (Wildman–Crippen LogP) is 4.41. The number of hydrogen-bond donors (Lipinski definition) is 0. The predicted molar refractivity (Wildman–Crippen MR) is 107 cm³/mol. The molecule has 1 amide bonds. The lowest BCUT2D eigenvalue weighted by atomic mass is 10.0. The number of methoxy groups -OCH3 is 1. The van der Waals surface area contributed by atoms with Crippen molar-refractivity contribution in [2.45, 2.75) is 38.6 Å². The monoisotopic (exact) mass is 397 g/mol. The van der Waals surface area contributed by atoms with Crippen LogP contribution in [-0.2, 0) is 6.42 Å². The summed E-state index contributed by atoms with van der Waals surface area (Å²) < 4.78 is 11.4. The van der Waals surface area contributed by atoms with Crippen LogP contribution in [0.3, 0.4) is 0 Å². The summed E-state index contributed by atoms with van der Waals surface area (Å²) in [5.74, 6) is 2.25. The Morgan fingerprint density at radius 2 is 2.25 bits per heavy atom. The molecule has 3 aromatic rings. The van der Waals surface area contributed by atoms with Crippen LogP contribution >= 0.6 is 11.3 Å². The number of aryl methyl sites for hydroxylation is 1. The lowest BCUT2D eigenvalue weighted by Crippen LogP contribution is -2.38. The second-order valence-corrected chi connectivity index (χ2v) is 7.82. The molecule has 1 unspecified atom stereocenters. The van der Waals surface area contributed by atoms with Crippen molar-refractivity contribution in [1.82, 2.24) is 14.9 Å². The Bertz CT molecular complexity index is 965.